The van der Waals surface area contributed by atoms with E-state index in [1.807, 2.05) is 0 Å². The molecule has 0 spiro atoms. The summed E-state index contributed by atoms with van der Waals surface area (Å²) in [5, 5.41) is 3.16. The molecule has 0 unspecified atom stereocenters. The number of amides is 1. The average molecular weight is 312 g/mol. The summed E-state index contributed by atoms with van der Waals surface area (Å²) in [6, 6.07) is 10.6. The molecule has 3 nitrogen and oxygen atoms in total. The molecule has 1 aliphatic heterocycles. The third-order valence-electron chi connectivity index (χ3n) is 5.08. The summed E-state index contributed by atoms with van der Waals surface area (Å²) in [7, 11) is 0. The summed E-state index contributed by atoms with van der Waals surface area (Å²) in [4.78, 5) is 14.8. The number of allylic oxidation sites excluding steroid dienone is 1. The van der Waals surface area contributed by atoms with E-state index in [0.29, 0.717) is 0 Å². The van der Waals surface area contributed by atoms with Crippen molar-refractivity contribution < 1.29 is 4.79 Å². The largest absolute Gasteiger partial charge is 0.352 e. The van der Waals surface area contributed by atoms with Crippen molar-refractivity contribution >= 4 is 5.91 Å². The molecule has 0 radical (unpaired) electrons. The number of benzene rings is 1. The van der Waals surface area contributed by atoms with E-state index in [1.165, 1.54) is 30.4 Å². The van der Waals surface area contributed by atoms with Gasteiger partial charge in [0, 0.05) is 19.0 Å². The van der Waals surface area contributed by atoms with Gasteiger partial charge in [0.25, 0.3) is 0 Å². The maximum Gasteiger partial charge on any atom is 0.223 e. The minimum atomic E-state index is 0.200. The van der Waals surface area contributed by atoms with Crippen molar-refractivity contribution in [1.82, 2.24) is 10.2 Å². The first-order chi connectivity index (χ1) is 11.3. The molecule has 1 aliphatic carbocycles. The molecule has 1 aromatic rings. The van der Waals surface area contributed by atoms with Gasteiger partial charge in [0.1, 0.15) is 0 Å². The van der Waals surface area contributed by atoms with Crippen molar-refractivity contribution in [1.29, 1.82) is 0 Å². The lowest BCUT2D eigenvalue weighted by Crippen LogP contribution is -2.40. The molecule has 1 amide bonds. The first-order valence-corrected chi connectivity index (χ1v) is 9.03. The smallest absolute Gasteiger partial charge is 0.223 e. The van der Waals surface area contributed by atoms with Crippen LogP contribution in [0.2, 0.25) is 0 Å². The number of likely N-dealkylation sites (tertiary alicyclic amines) is 1. The van der Waals surface area contributed by atoms with Crippen LogP contribution in [-0.4, -0.2) is 30.4 Å². The van der Waals surface area contributed by atoms with Crippen molar-refractivity contribution in [3.05, 3.63) is 47.5 Å². The molecule has 0 aromatic heterocycles. The molecule has 0 saturated carbocycles. The van der Waals surface area contributed by atoms with Crippen molar-refractivity contribution in [2.75, 3.05) is 19.6 Å². The fourth-order valence-corrected chi connectivity index (χ4v) is 3.61. The number of nitrogens with one attached hydrogen (secondary N) is 1. The number of carbonyl (C=O) groups excluding carboxylic acids is 1. The zero-order valence-electron chi connectivity index (χ0n) is 14.0. The van der Waals surface area contributed by atoms with Crippen LogP contribution in [0.4, 0.5) is 0 Å². The van der Waals surface area contributed by atoms with E-state index in [4.69, 9.17) is 0 Å². The molecule has 2 aliphatic rings. The van der Waals surface area contributed by atoms with Gasteiger partial charge < -0.3 is 5.32 Å². The molecule has 0 atom stereocenters. The Hall–Kier alpha value is -1.61. The monoisotopic (exact) mass is 312 g/mol. The molecular weight excluding hydrogens is 284 g/mol. The predicted molar refractivity (Wildman–Crippen MR) is 94.0 cm³/mol. The topological polar surface area (TPSA) is 32.3 Å². The number of piperidine rings is 1. The first kappa shape index (κ1) is 16.3. The standard InChI is InChI=1S/C20H28N2O/c23-20(21-15-17-7-3-1-4-8-17)19-11-13-22(14-12-19)16-18-9-5-2-6-10-18/h2,5-7,9-10,19H,1,3-4,8,11-16H2,(H,21,23). The molecule has 23 heavy (non-hydrogen) atoms. The van der Waals surface area contributed by atoms with Gasteiger partial charge in [0.15, 0.2) is 0 Å². The van der Waals surface area contributed by atoms with Crippen LogP contribution in [0.25, 0.3) is 0 Å². The third-order valence-corrected chi connectivity index (χ3v) is 5.08. The maximum absolute atomic E-state index is 12.3. The van der Waals surface area contributed by atoms with E-state index in [-0.39, 0.29) is 11.8 Å². The summed E-state index contributed by atoms with van der Waals surface area (Å²) in [5.41, 5.74) is 2.78. The highest BCUT2D eigenvalue weighted by Gasteiger charge is 2.24. The van der Waals surface area contributed by atoms with Crippen LogP contribution in [0.15, 0.2) is 42.0 Å². The Morgan fingerprint density at radius 2 is 1.91 bits per heavy atom. The van der Waals surface area contributed by atoms with Crippen LogP contribution in [0.1, 0.15) is 44.1 Å². The van der Waals surface area contributed by atoms with Gasteiger partial charge in [0.05, 0.1) is 0 Å². The fourth-order valence-electron chi connectivity index (χ4n) is 3.61. The molecule has 3 heteroatoms. The van der Waals surface area contributed by atoms with Crippen LogP contribution >= 0.6 is 0 Å². The molecule has 1 heterocycles. The second kappa shape index (κ2) is 8.30. The van der Waals surface area contributed by atoms with Crippen LogP contribution in [0.5, 0.6) is 0 Å². The summed E-state index contributed by atoms with van der Waals surface area (Å²) >= 11 is 0. The molecule has 0 bridgehead atoms. The maximum atomic E-state index is 12.3. The van der Waals surface area contributed by atoms with Crippen molar-refractivity contribution in [3.63, 3.8) is 0 Å². The first-order valence-electron chi connectivity index (χ1n) is 9.03. The molecule has 3 rings (SSSR count). The van der Waals surface area contributed by atoms with Gasteiger partial charge in [-0.25, -0.2) is 0 Å². The van der Waals surface area contributed by atoms with Gasteiger partial charge in [-0.1, -0.05) is 42.0 Å². The Morgan fingerprint density at radius 1 is 1.13 bits per heavy atom. The number of nitrogens with zero attached hydrogens (tertiary/aromatic N) is 1. The zero-order chi connectivity index (χ0) is 15.9. The van der Waals surface area contributed by atoms with E-state index in [0.717, 1.165) is 45.4 Å². The van der Waals surface area contributed by atoms with Crippen molar-refractivity contribution in [3.8, 4) is 0 Å². The number of carbonyl (C=O) groups is 1. The summed E-state index contributed by atoms with van der Waals surface area (Å²) in [6.45, 7) is 3.82. The van der Waals surface area contributed by atoms with Crippen molar-refractivity contribution in [2.24, 2.45) is 5.92 Å². The highest BCUT2D eigenvalue weighted by atomic mass is 16.1. The summed E-state index contributed by atoms with van der Waals surface area (Å²) in [5.74, 6) is 0.460. The van der Waals surface area contributed by atoms with Crippen LogP contribution < -0.4 is 5.32 Å². The second-order valence-corrected chi connectivity index (χ2v) is 6.86. The average Bonchev–Trinajstić information content (AvgIpc) is 2.62. The molecule has 1 aromatic carbocycles. The minimum absolute atomic E-state index is 0.200. The lowest BCUT2D eigenvalue weighted by atomic mass is 9.95. The van der Waals surface area contributed by atoms with Gasteiger partial charge in [0.2, 0.25) is 5.91 Å². The Morgan fingerprint density at radius 3 is 2.61 bits per heavy atom. The minimum Gasteiger partial charge on any atom is -0.352 e. The van der Waals surface area contributed by atoms with Gasteiger partial charge in [-0.3, -0.25) is 9.69 Å². The number of rotatable bonds is 5. The Labute approximate surface area is 139 Å². The molecule has 1 N–H and O–H groups in total. The second-order valence-electron chi connectivity index (χ2n) is 6.86. The van der Waals surface area contributed by atoms with Crippen LogP contribution in [0.3, 0.4) is 0 Å². The van der Waals surface area contributed by atoms with Gasteiger partial charge in [-0.05, 0) is 57.2 Å². The summed E-state index contributed by atoms with van der Waals surface area (Å²) in [6.07, 6.45) is 9.21. The molecule has 124 valence electrons. The fraction of sp³-hybridized carbons (Fsp3) is 0.550. The predicted octanol–water partition coefficient (Wildman–Crippen LogP) is 3.52. The zero-order valence-corrected chi connectivity index (χ0v) is 14.0. The number of hydrogen-bond donors (Lipinski definition) is 1. The SMILES string of the molecule is O=C(NCC1=CCCCC1)C1CCN(Cc2ccccc2)CC1. The van der Waals surface area contributed by atoms with Crippen molar-refractivity contribution in [2.45, 2.75) is 45.1 Å². The van der Waals surface area contributed by atoms with E-state index in [2.05, 4.69) is 46.6 Å². The van der Waals surface area contributed by atoms with E-state index >= 15 is 0 Å². The summed E-state index contributed by atoms with van der Waals surface area (Å²) < 4.78 is 0. The van der Waals surface area contributed by atoms with Gasteiger partial charge >= 0.3 is 0 Å². The van der Waals surface area contributed by atoms with Crippen LogP contribution in [-0.2, 0) is 11.3 Å². The Balaban J connectivity index is 1.39. The van der Waals surface area contributed by atoms with Gasteiger partial charge in [-0.15, -0.1) is 0 Å². The quantitative estimate of drug-likeness (QED) is 0.844. The number of hydrogen-bond acceptors (Lipinski definition) is 2. The lowest BCUT2D eigenvalue weighted by molar-refractivity contribution is -0.126. The van der Waals surface area contributed by atoms with E-state index in [9.17, 15) is 4.79 Å². The Bertz CT molecular complexity index is 530. The van der Waals surface area contributed by atoms with Gasteiger partial charge in [-0.2, -0.15) is 0 Å². The Kier molecular flexibility index (Phi) is 5.87. The molecule has 1 saturated heterocycles. The molecular formula is C20H28N2O. The normalized spacial score (nSPS) is 20.1. The third kappa shape index (κ3) is 4.93. The highest BCUT2D eigenvalue weighted by molar-refractivity contribution is 5.79. The van der Waals surface area contributed by atoms with E-state index in [1.54, 1.807) is 0 Å². The lowest BCUT2D eigenvalue weighted by Gasteiger charge is -2.31. The van der Waals surface area contributed by atoms with E-state index < -0.39 is 0 Å². The highest BCUT2D eigenvalue weighted by Crippen LogP contribution is 2.20. The molecule has 1 fully saturated rings. The van der Waals surface area contributed by atoms with Crippen LogP contribution in [0, 0.1) is 5.92 Å².